The van der Waals surface area contributed by atoms with Crippen LogP contribution in [0, 0.1) is 0 Å². The van der Waals surface area contributed by atoms with Gasteiger partial charge in [-0.15, -0.1) is 0 Å². The van der Waals surface area contributed by atoms with E-state index in [1.807, 2.05) is 0 Å². The van der Waals surface area contributed by atoms with Gasteiger partial charge in [0.2, 0.25) is 5.91 Å². The normalized spacial score (nSPS) is 12.9. The summed E-state index contributed by atoms with van der Waals surface area (Å²) in [5.41, 5.74) is 0. The van der Waals surface area contributed by atoms with Crippen LogP contribution in [0.4, 0.5) is 0 Å². The first-order valence-corrected chi connectivity index (χ1v) is 21.7. The molecule has 0 rings (SSSR count). The van der Waals surface area contributed by atoms with Crippen molar-refractivity contribution in [3.8, 4) is 0 Å². The smallest absolute Gasteiger partial charge is 0.220 e. The first kappa shape index (κ1) is 46.4. The van der Waals surface area contributed by atoms with Crippen LogP contribution in [-0.2, 0) is 4.79 Å². The van der Waals surface area contributed by atoms with Gasteiger partial charge in [0.05, 0.1) is 18.8 Å². The maximum atomic E-state index is 12.4. The monoisotopic (exact) mass is 666 g/mol. The molecule has 0 spiro atoms. The van der Waals surface area contributed by atoms with Crippen molar-refractivity contribution in [3.63, 3.8) is 0 Å². The Morgan fingerprint density at radius 3 is 0.957 bits per heavy atom. The van der Waals surface area contributed by atoms with Crippen LogP contribution < -0.4 is 5.32 Å². The van der Waals surface area contributed by atoms with E-state index in [4.69, 9.17) is 0 Å². The van der Waals surface area contributed by atoms with E-state index in [1.54, 1.807) is 0 Å². The summed E-state index contributed by atoms with van der Waals surface area (Å²) in [6, 6.07) is -0.528. The third-order valence-corrected chi connectivity index (χ3v) is 10.4. The fourth-order valence-corrected chi connectivity index (χ4v) is 7.01. The molecule has 0 aromatic heterocycles. The minimum atomic E-state index is -0.652. The van der Waals surface area contributed by atoms with Crippen LogP contribution in [0.15, 0.2) is 0 Å². The van der Waals surface area contributed by atoms with Crippen LogP contribution >= 0.6 is 0 Å². The van der Waals surface area contributed by atoms with E-state index >= 15 is 0 Å². The summed E-state index contributed by atoms with van der Waals surface area (Å²) in [4.78, 5) is 12.4. The quantitative estimate of drug-likeness (QED) is 0.0570. The third-order valence-electron chi connectivity index (χ3n) is 10.4. The zero-order valence-electron chi connectivity index (χ0n) is 32.3. The highest BCUT2D eigenvalue weighted by molar-refractivity contribution is 5.76. The number of nitrogens with one attached hydrogen (secondary N) is 1. The van der Waals surface area contributed by atoms with E-state index in [9.17, 15) is 15.0 Å². The first-order chi connectivity index (χ1) is 23.2. The van der Waals surface area contributed by atoms with Crippen molar-refractivity contribution in [2.75, 3.05) is 6.61 Å². The van der Waals surface area contributed by atoms with Crippen LogP contribution in [0.5, 0.6) is 0 Å². The summed E-state index contributed by atoms with van der Waals surface area (Å²) in [6.45, 7) is 4.38. The number of hydrogen-bond acceptors (Lipinski definition) is 3. The van der Waals surface area contributed by atoms with Crippen LogP contribution in [0.1, 0.15) is 251 Å². The molecule has 2 unspecified atom stereocenters. The zero-order valence-corrected chi connectivity index (χ0v) is 32.3. The molecular weight excluding hydrogens is 578 g/mol. The van der Waals surface area contributed by atoms with Crippen LogP contribution in [-0.4, -0.2) is 34.9 Å². The number of hydrogen-bond donors (Lipinski definition) is 3. The fourth-order valence-electron chi connectivity index (χ4n) is 7.01. The Labute approximate surface area is 295 Å². The van der Waals surface area contributed by atoms with Crippen molar-refractivity contribution in [1.82, 2.24) is 5.32 Å². The Bertz CT molecular complexity index is 598. The SMILES string of the molecule is CCCCCCCCCCCCCCCCCCCCCCCCC(O)C(CO)NC(=O)CCCCCCCCCCCCCCC. The van der Waals surface area contributed by atoms with E-state index in [1.165, 1.54) is 199 Å². The molecule has 0 radical (unpaired) electrons. The molecule has 0 aromatic carbocycles. The molecule has 282 valence electrons. The number of aliphatic hydroxyl groups is 2. The van der Waals surface area contributed by atoms with Gasteiger partial charge in [-0.3, -0.25) is 4.79 Å². The molecule has 0 bridgehead atoms. The lowest BCUT2D eigenvalue weighted by Crippen LogP contribution is -2.45. The molecule has 4 nitrogen and oxygen atoms in total. The standard InChI is InChI=1S/C43H87NO3/c1-3-5-7-9-11-13-15-17-18-19-20-21-22-23-24-25-27-28-30-32-34-36-38-42(46)41(40-45)44-43(47)39-37-35-33-31-29-26-16-14-12-10-8-6-4-2/h41-42,45-46H,3-40H2,1-2H3,(H,44,47). The second-order valence-corrected chi connectivity index (χ2v) is 15.1. The predicted octanol–water partition coefficient (Wildman–Crippen LogP) is 13.3. The molecule has 1 amide bonds. The van der Waals surface area contributed by atoms with E-state index < -0.39 is 12.1 Å². The van der Waals surface area contributed by atoms with Crippen molar-refractivity contribution >= 4 is 5.91 Å². The molecule has 4 heteroatoms. The van der Waals surface area contributed by atoms with Crippen molar-refractivity contribution < 1.29 is 15.0 Å². The lowest BCUT2D eigenvalue weighted by atomic mass is 10.0. The van der Waals surface area contributed by atoms with Gasteiger partial charge < -0.3 is 15.5 Å². The van der Waals surface area contributed by atoms with E-state index in [0.717, 1.165) is 25.7 Å². The Kier molecular flexibility index (Phi) is 39.3. The van der Waals surface area contributed by atoms with E-state index in [-0.39, 0.29) is 12.5 Å². The van der Waals surface area contributed by atoms with Crippen LogP contribution in [0.25, 0.3) is 0 Å². The highest BCUT2D eigenvalue weighted by atomic mass is 16.3. The Hall–Kier alpha value is -0.610. The highest BCUT2D eigenvalue weighted by Crippen LogP contribution is 2.17. The Morgan fingerprint density at radius 2 is 0.681 bits per heavy atom. The summed E-state index contributed by atoms with van der Waals surface area (Å²) in [7, 11) is 0. The van der Waals surface area contributed by atoms with Gasteiger partial charge in [0.15, 0.2) is 0 Å². The molecule has 0 aliphatic heterocycles. The second-order valence-electron chi connectivity index (χ2n) is 15.1. The molecule has 3 N–H and O–H groups in total. The van der Waals surface area contributed by atoms with Gasteiger partial charge >= 0.3 is 0 Å². The molecule has 2 atom stereocenters. The largest absolute Gasteiger partial charge is 0.394 e. The molecule has 0 aliphatic carbocycles. The maximum absolute atomic E-state index is 12.4. The predicted molar refractivity (Wildman–Crippen MR) is 207 cm³/mol. The summed E-state index contributed by atoms with van der Waals surface area (Å²) in [5.74, 6) is -0.0275. The lowest BCUT2D eigenvalue weighted by molar-refractivity contribution is -0.123. The first-order valence-electron chi connectivity index (χ1n) is 21.7. The molecule has 47 heavy (non-hydrogen) atoms. The molecule has 0 aliphatic rings. The third kappa shape index (κ3) is 36.5. The number of rotatable bonds is 40. The van der Waals surface area contributed by atoms with Gasteiger partial charge in [0.1, 0.15) is 0 Å². The average molecular weight is 666 g/mol. The van der Waals surface area contributed by atoms with Gasteiger partial charge in [-0.25, -0.2) is 0 Å². The Morgan fingerprint density at radius 1 is 0.426 bits per heavy atom. The van der Waals surface area contributed by atoms with Crippen LogP contribution in [0.2, 0.25) is 0 Å². The molecule has 0 aromatic rings. The summed E-state index contributed by atoms with van der Waals surface area (Å²) in [5, 5.41) is 23.2. The van der Waals surface area contributed by atoms with Crippen molar-refractivity contribution in [2.45, 2.75) is 264 Å². The van der Waals surface area contributed by atoms with Crippen molar-refractivity contribution in [1.29, 1.82) is 0 Å². The number of unbranched alkanes of at least 4 members (excludes halogenated alkanes) is 33. The molecule has 0 heterocycles. The highest BCUT2D eigenvalue weighted by Gasteiger charge is 2.20. The second kappa shape index (κ2) is 39.8. The lowest BCUT2D eigenvalue weighted by Gasteiger charge is -2.22. The minimum absolute atomic E-state index is 0.0275. The van der Waals surface area contributed by atoms with E-state index in [2.05, 4.69) is 19.2 Å². The fraction of sp³-hybridized carbons (Fsp3) is 0.977. The van der Waals surface area contributed by atoms with Gasteiger partial charge in [-0.05, 0) is 12.8 Å². The summed E-state index contributed by atoms with van der Waals surface area (Å²) in [6.07, 6.45) is 47.5. The van der Waals surface area contributed by atoms with Gasteiger partial charge in [0, 0.05) is 6.42 Å². The summed E-state index contributed by atoms with van der Waals surface area (Å²) >= 11 is 0. The average Bonchev–Trinajstić information content (AvgIpc) is 3.07. The van der Waals surface area contributed by atoms with Crippen molar-refractivity contribution in [2.24, 2.45) is 0 Å². The minimum Gasteiger partial charge on any atom is -0.394 e. The van der Waals surface area contributed by atoms with Gasteiger partial charge in [-0.1, -0.05) is 232 Å². The topological polar surface area (TPSA) is 69.6 Å². The number of aliphatic hydroxyl groups excluding tert-OH is 2. The van der Waals surface area contributed by atoms with Crippen LogP contribution in [0.3, 0.4) is 0 Å². The summed E-state index contributed by atoms with van der Waals surface area (Å²) < 4.78 is 0. The number of amides is 1. The molecular formula is C43H87NO3. The number of carbonyl (C=O) groups excluding carboxylic acids is 1. The van der Waals surface area contributed by atoms with Gasteiger partial charge in [0.25, 0.3) is 0 Å². The van der Waals surface area contributed by atoms with E-state index in [0.29, 0.717) is 12.8 Å². The van der Waals surface area contributed by atoms with Gasteiger partial charge in [-0.2, -0.15) is 0 Å². The molecule has 0 saturated heterocycles. The maximum Gasteiger partial charge on any atom is 0.220 e. The van der Waals surface area contributed by atoms with Crippen molar-refractivity contribution in [3.05, 3.63) is 0 Å². The molecule has 0 fully saturated rings. The number of carbonyl (C=O) groups is 1. The Balaban J connectivity index is 3.45. The zero-order chi connectivity index (χ0) is 34.3. The molecule has 0 saturated carbocycles.